The predicted octanol–water partition coefficient (Wildman–Crippen LogP) is 3.20. The maximum Gasteiger partial charge on any atom is 0.161 e. The molecule has 1 aromatic carbocycles. The zero-order valence-electron chi connectivity index (χ0n) is 10.9. The van der Waals surface area contributed by atoms with Gasteiger partial charge in [-0.2, -0.15) is 11.8 Å². The van der Waals surface area contributed by atoms with E-state index in [4.69, 9.17) is 11.1 Å². The van der Waals surface area contributed by atoms with Gasteiger partial charge in [-0.1, -0.05) is 6.92 Å². The highest BCUT2D eigenvalue weighted by Crippen LogP contribution is 2.34. The van der Waals surface area contributed by atoms with E-state index < -0.39 is 0 Å². The first-order chi connectivity index (χ1) is 8.93. The Morgan fingerprint density at radius 1 is 1.53 bits per heavy atom. The average Bonchev–Trinajstić information content (AvgIpc) is 2.36. The van der Waals surface area contributed by atoms with E-state index in [1.54, 1.807) is 12.1 Å². The smallest absolute Gasteiger partial charge is 0.161 e. The largest absolute Gasteiger partial charge is 0.384 e. The Morgan fingerprint density at radius 2 is 2.21 bits per heavy atom. The first-order valence-corrected chi connectivity index (χ1v) is 7.98. The zero-order chi connectivity index (χ0) is 14.2. The van der Waals surface area contributed by atoms with Gasteiger partial charge in [0.1, 0.15) is 5.84 Å². The molecule has 19 heavy (non-hydrogen) atoms. The highest BCUT2D eigenvalue weighted by molar-refractivity contribution is 9.10. The number of amidine groups is 1. The van der Waals surface area contributed by atoms with Gasteiger partial charge in [0.05, 0.1) is 10.2 Å². The summed E-state index contributed by atoms with van der Waals surface area (Å²) < 4.78 is 14.7. The second-order valence-electron chi connectivity index (χ2n) is 4.68. The summed E-state index contributed by atoms with van der Waals surface area (Å²) in [5, 5.41) is 7.90. The Balaban J connectivity index is 2.40. The van der Waals surface area contributed by atoms with Crippen LogP contribution >= 0.6 is 27.7 Å². The lowest BCUT2D eigenvalue weighted by molar-refractivity contribution is 0.578. The minimum absolute atomic E-state index is 0.132. The van der Waals surface area contributed by atoms with E-state index in [0.29, 0.717) is 16.5 Å². The molecule has 104 valence electrons. The molecular weight excluding hydrogens is 329 g/mol. The Bertz CT molecular complexity index is 509. The maximum absolute atomic E-state index is 14.5. The lowest BCUT2D eigenvalue weighted by Gasteiger charge is -2.39. The summed E-state index contributed by atoms with van der Waals surface area (Å²) in [5.74, 6) is 0.531. The van der Waals surface area contributed by atoms with Gasteiger partial charge in [0.25, 0.3) is 0 Å². The molecule has 1 fully saturated rings. The van der Waals surface area contributed by atoms with Crippen LogP contribution in [0.5, 0.6) is 0 Å². The van der Waals surface area contributed by atoms with Gasteiger partial charge < -0.3 is 10.6 Å². The molecular formula is C13H17BrFN3S. The van der Waals surface area contributed by atoms with Gasteiger partial charge in [-0.3, -0.25) is 5.41 Å². The predicted molar refractivity (Wildman–Crippen MR) is 83.8 cm³/mol. The fourth-order valence-corrected chi connectivity index (χ4v) is 3.89. The van der Waals surface area contributed by atoms with Crippen molar-refractivity contribution in [2.24, 2.45) is 5.73 Å². The SMILES string of the molecule is CC1SCCN(c2ccc(C(=N)N)c(Br)c2F)C1C. The first-order valence-electron chi connectivity index (χ1n) is 6.14. The summed E-state index contributed by atoms with van der Waals surface area (Å²) in [4.78, 5) is 2.09. The summed E-state index contributed by atoms with van der Waals surface area (Å²) >= 11 is 5.12. The van der Waals surface area contributed by atoms with Gasteiger partial charge >= 0.3 is 0 Å². The Morgan fingerprint density at radius 3 is 2.84 bits per heavy atom. The minimum atomic E-state index is -0.335. The van der Waals surface area contributed by atoms with Gasteiger partial charge in [0.15, 0.2) is 5.82 Å². The topological polar surface area (TPSA) is 53.1 Å². The van der Waals surface area contributed by atoms with E-state index in [9.17, 15) is 4.39 Å². The van der Waals surface area contributed by atoms with E-state index in [1.165, 1.54) is 0 Å². The van der Waals surface area contributed by atoms with Crippen LogP contribution in [-0.2, 0) is 0 Å². The Kier molecular flexibility index (Phi) is 4.40. The molecule has 2 rings (SSSR count). The molecule has 0 aliphatic carbocycles. The number of thioether (sulfide) groups is 1. The lowest BCUT2D eigenvalue weighted by atomic mass is 10.1. The number of nitrogen functional groups attached to an aromatic ring is 1. The number of hydrogen-bond acceptors (Lipinski definition) is 3. The average molecular weight is 346 g/mol. The van der Waals surface area contributed by atoms with Crippen LogP contribution in [0.2, 0.25) is 0 Å². The number of nitrogens with one attached hydrogen (secondary N) is 1. The summed E-state index contributed by atoms with van der Waals surface area (Å²) in [7, 11) is 0. The molecule has 0 radical (unpaired) electrons. The first kappa shape index (κ1) is 14.7. The Labute approximate surface area is 125 Å². The second kappa shape index (κ2) is 5.71. The van der Waals surface area contributed by atoms with E-state index in [2.05, 4.69) is 34.7 Å². The van der Waals surface area contributed by atoms with Crippen molar-refractivity contribution < 1.29 is 4.39 Å². The van der Waals surface area contributed by atoms with Gasteiger partial charge in [0, 0.05) is 29.2 Å². The monoisotopic (exact) mass is 345 g/mol. The summed E-state index contributed by atoms with van der Waals surface area (Å²) in [6.07, 6.45) is 0. The number of hydrogen-bond donors (Lipinski definition) is 2. The third-order valence-corrected chi connectivity index (χ3v) is 5.66. The zero-order valence-corrected chi connectivity index (χ0v) is 13.3. The fourth-order valence-electron chi connectivity index (χ4n) is 2.24. The van der Waals surface area contributed by atoms with Gasteiger partial charge in [-0.05, 0) is 35.0 Å². The number of nitrogens with two attached hydrogens (primary N) is 1. The molecule has 3 N–H and O–H groups in total. The molecule has 0 amide bonds. The van der Waals surface area contributed by atoms with Crippen LogP contribution < -0.4 is 10.6 Å². The lowest BCUT2D eigenvalue weighted by Crippen LogP contribution is -2.45. The molecule has 6 heteroatoms. The van der Waals surface area contributed by atoms with Crippen molar-refractivity contribution in [3.8, 4) is 0 Å². The van der Waals surface area contributed by atoms with Crippen molar-refractivity contribution in [1.82, 2.24) is 0 Å². The van der Waals surface area contributed by atoms with Gasteiger partial charge in [-0.15, -0.1) is 0 Å². The molecule has 1 saturated heterocycles. The molecule has 2 atom stereocenters. The van der Waals surface area contributed by atoms with E-state index in [1.807, 2.05) is 11.8 Å². The van der Waals surface area contributed by atoms with E-state index in [0.717, 1.165) is 12.3 Å². The molecule has 0 bridgehead atoms. The third kappa shape index (κ3) is 2.74. The standard InChI is InChI=1S/C13H17BrFN3S/c1-7-8(2)19-6-5-18(7)10-4-3-9(13(16)17)11(14)12(10)15/h3-4,7-8H,5-6H2,1-2H3,(H3,16,17). The van der Waals surface area contributed by atoms with Crippen molar-refractivity contribution in [2.75, 3.05) is 17.2 Å². The van der Waals surface area contributed by atoms with Crippen LogP contribution in [0.1, 0.15) is 19.4 Å². The minimum Gasteiger partial charge on any atom is -0.384 e. The van der Waals surface area contributed by atoms with Crippen molar-refractivity contribution in [3.05, 3.63) is 28.0 Å². The van der Waals surface area contributed by atoms with Gasteiger partial charge in [0.2, 0.25) is 0 Å². The molecule has 1 aromatic rings. The number of anilines is 1. The van der Waals surface area contributed by atoms with Crippen molar-refractivity contribution in [1.29, 1.82) is 5.41 Å². The maximum atomic E-state index is 14.5. The van der Waals surface area contributed by atoms with Crippen LogP contribution in [0.15, 0.2) is 16.6 Å². The molecule has 2 unspecified atom stereocenters. The highest BCUT2D eigenvalue weighted by Gasteiger charge is 2.28. The normalized spacial score (nSPS) is 23.5. The number of benzene rings is 1. The number of rotatable bonds is 2. The molecule has 1 aliphatic rings. The molecule has 0 aromatic heterocycles. The van der Waals surface area contributed by atoms with Gasteiger partial charge in [-0.25, -0.2) is 4.39 Å². The van der Waals surface area contributed by atoms with Crippen molar-refractivity contribution in [2.45, 2.75) is 25.1 Å². The van der Waals surface area contributed by atoms with Crippen LogP contribution in [-0.4, -0.2) is 29.4 Å². The second-order valence-corrected chi connectivity index (χ2v) is 6.96. The molecule has 1 aliphatic heterocycles. The summed E-state index contributed by atoms with van der Waals surface area (Å²) in [6.45, 7) is 5.11. The van der Waals surface area contributed by atoms with Crippen LogP contribution in [0, 0.1) is 11.2 Å². The quantitative estimate of drug-likeness (QED) is 0.639. The number of halogens is 2. The molecule has 0 saturated carbocycles. The Hall–Kier alpha value is -0.750. The summed E-state index contributed by atoms with van der Waals surface area (Å²) in [5.41, 5.74) is 6.41. The van der Waals surface area contributed by atoms with E-state index >= 15 is 0 Å². The van der Waals surface area contributed by atoms with Crippen molar-refractivity contribution in [3.63, 3.8) is 0 Å². The van der Waals surface area contributed by atoms with E-state index in [-0.39, 0.29) is 22.2 Å². The van der Waals surface area contributed by atoms with Crippen LogP contribution in [0.3, 0.4) is 0 Å². The molecule has 3 nitrogen and oxygen atoms in total. The highest BCUT2D eigenvalue weighted by atomic mass is 79.9. The molecule has 1 heterocycles. The molecule has 0 spiro atoms. The fraction of sp³-hybridized carbons (Fsp3) is 0.462. The van der Waals surface area contributed by atoms with Crippen molar-refractivity contribution >= 4 is 39.2 Å². The van der Waals surface area contributed by atoms with Crippen LogP contribution in [0.25, 0.3) is 0 Å². The van der Waals surface area contributed by atoms with Crippen LogP contribution in [0.4, 0.5) is 10.1 Å². The number of nitrogens with zero attached hydrogens (tertiary/aromatic N) is 1. The summed E-state index contributed by atoms with van der Waals surface area (Å²) in [6, 6.07) is 3.70. The third-order valence-electron chi connectivity index (χ3n) is 3.55.